The highest BCUT2D eigenvalue weighted by Crippen LogP contribution is 2.11. The van der Waals surface area contributed by atoms with Crippen LogP contribution in [0.25, 0.3) is 0 Å². The average Bonchev–Trinajstić information content (AvgIpc) is 2.84. The SMILES string of the molecule is CCCCc1ccc(C(=O)N[C@@H](CNC(=O)c2ccc(S(C)(=O)=O)cc2)C(=O)N[CH]CC(C)C)cc1. The molecule has 0 spiro atoms. The van der Waals surface area contributed by atoms with Crippen molar-refractivity contribution in [3.63, 3.8) is 0 Å². The molecule has 2 aromatic carbocycles. The molecular formula is C27H36N3O5S. The molecule has 0 heterocycles. The van der Waals surface area contributed by atoms with Crippen molar-refractivity contribution in [2.24, 2.45) is 5.92 Å². The lowest BCUT2D eigenvalue weighted by Gasteiger charge is -2.19. The molecule has 2 rings (SSSR count). The largest absolute Gasteiger partial charge is 0.349 e. The number of unbranched alkanes of at least 4 members (excludes halogenated alkanes) is 1. The van der Waals surface area contributed by atoms with E-state index in [0.717, 1.165) is 31.1 Å². The van der Waals surface area contributed by atoms with Crippen LogP contribution in [0, 0.1) is 12.5 Å². The third-order valence-corrected chi connectivity index (χ3v) is 6.63. The second-order valence-electron chi connectivity index (χ2n) is 9.18. The van der Waals surface area contributed by atoms with Gasteiger partial charge in [0.1, 0.15) is 6.04 Å². The van der Waals surface area contributed by atoms with Crippen molar-refractivity contribution in [1.82, 2.24) is 16.0 Å². The highest BCUT2D eigenvalue weighted by atomic mass is 32.2. The summed E-state index contributed by atoms with van der Waals surface area (Å²) in [6.45, 7) is 7.65. The molecule has 0 unspecified atom stereocenters. The molecule has 3 N–H and O–H groups in total. The fourth-order valence-electron chi connectivity index (χ4n) is 3.30. The molecule has 0 saturated heterocycles. The average molecular weight is 515 g/mol. The summed E-state index contributed by atoms with van der Waals surface area (Å²) in [6, 6.07) is 11.7. The molecule has 0 fully saturated rings. The minimum Gasteiger partial charge on any atom is -0.349 e. The van der Waals surface area contributed by atoms with Crippen LogP contribution in [-0.2, 0) is 21.1 Å². The Kier molecular flexibility index (Phi) is 11.1. The van der Waals surface area contributed by atoms with Gasteiger partial charge in [-0.25, -0.2) is 8.42 Å². The molecule has 0 saturated carbocycles. The van der Waals surface area contributed by atoms with E-state index < -0.39 is 33.6 Å². The van der Waals surface area contributed by atoms with E-state index in [1.54, 1.807) is 18.7 Å². The maximum Gasteiger partial charge on any atom is 0.251 e. The Morgan fingerprint density at radius 2 is 1.50 bits per heavy atom. The lowest BCUT2D eigenvalue weighted by Crippen LogP contribution is -2.52. The Bertz CT molecular complexity index is 1130. The number of sulfone groups is 1. The van der Waals surface area contributed by atoms with Crippen molar-refractivity contribution in [2.45, 2.75) is 57.4 Å². The molecule has 8 nitrogen and oxygen atoms in total. The van der Waals surface area contributed by atoms with E-state index in [0.29, 0.717) is 17.9 Å². The number of hydrogen-bond donors (Lipinski definition) is 3. The van der Waals surface area contributed by atoms with E-state index in [4.69, 9.17) is 0 Å². The van der Waals surface area contributed by atoms with E-state index in [1.165, 1.54) is 24.3 Å². The first-order valence-corrected chi connectivity index (χ1v) is 14.0. The zero-order valence-corrected chi connectivity index (χ0v) is 22.2. The number of carbonyl (C=O) groups is 3. The molecule has 36 heavy (non-hydrogen) atoms. The van der Waals surface area contributed by atoms with Gasteiger partial charge in [0.05, 0.1) is 4.90 Å². The molecule has 1 radical (unpaired) electrons. The number of rotatable bonds is 13. The van der Waals surface area contributed by atoms with Gasteiger partial charge in [0.15, 0.2) is 9.84 Å². The van der Waals surface area contributed by atoms with Crippen LogP contribution in [0.4, 0.5) is 0 Å². The maximum atomic E-state index is 12.8. The quantitative estimate of drug-likeness (QED) is 0.379. The summed E-state index contributed by atoms with van der Waals surface area (Å²) in [5, 5.41) is 8.05. The van der Waals surface area contributed by atoms with E-state index in [9.17, 15) is 22.8 Å². The number of amides is 3. The fraction of sp³-hybridized carbons (Fsp3) is 0.407. The minimum absolute atomic E-state index is 0.102. The topological polar surface area (TPSA) is 121 Å². The van der Waals surface area contributed by atoms with Gasteiger partial charge >= 0.3 is 0 Å². The van der Waals surface area contributed by atoms with Gasteiger partial charge in [-0.05, 0) is 67.1 Å². The first-order chi connectivity index (χ1) is 17.0. The summed E-state index contributed by atoms with van der Waals surface area (Å²) in [5.41, 5.74) is 1.80. The second kappa shape index (κ2) is 13.8. The van der Waals surface area contributed by atoms with Crippen LogP contribution in [0.15, 0.2) is 53.4 Å². The van der Waals surface area contributed by atoms with Crippen molar-refractivity contribution in [1.29, 1.82) is 0 Å². The first kappa shape index (κ1) is 29.0. The predicted octanol–water partition coefficient (Wildman–Crippen LogP) is 3.29. The fourth-order valence-corrected chi connectivity index (χ4v) is 3.93. The van der Waals surface area contributed by atoms with Gasteiger partial charge in [-0.1, -0.05) is 39.3 Å². The summed E-state index contributed by atoms with van der Waals surface area (Å²) in [6.07, 6.45) is 4.83. The molecule has 195 valence electrons. The summed E-state index contributed by atoms with van der Waals surface area (Å²) < 4.78 is 23.3. The lowest BCUT2D eigenvalue weighted by molar-refractivity contribution is -0.122. The molecular weight excluding hydrogens is 478 g/mol. The highest BCUT2D eigenvalue weighted by molar-refractivity contribution is 7.90. The Morgan fingerprint density at radius 3 is 2.06 bits per heavy atom. The summed E-state index contributed by atoms with van der Waals surface area (Å²) in [4.78, 5) is 38.3. The third-order valence-electron chi connectivity index (χ3n) is 5.50. The maximum absolute atomic E-state index is 12.8. The Labute approximate surface area is 214 Å². The van der Waals surface area contributed by atoms with Crippen LogP contribution in [0.2, 0.25) is 0 Å². The Morgan fingerprint density at radius 1 is 0.917 bits per heavy atom. The highest BCUT2D eigenvalue weighted by Gasteiger charge is 2.23. The number of hydrogen-bond acceptors (Lipinski definition) is 5. The third kappa shape index (κ3) is 9.45. The van der Waals surface area contributed by atoms with Crippen LogP contribution in [-0.4, -0.2) is 45.0 Å². The smallest absolute Gasteiger partial charge is 0.251 e. The van der Waals surface area contributed by atoms with Gasteiger partial charge in [-0.15, -0.1) is 0 Å². The minimum atomic E-state index is -3.38. The first-order valence-electron chi connectivity index (χ1n) is 12.1. The van der Waals surface area contributed by atoms with E-state index in [1.807, 2.05) is 26.0 Å². The van der Waals surface area contributed by atoms with Crippen LogP contribution in [0.3, 0.4) is 0 Å². The monoisotopic (exact) mass is 514 g/mol. The van der Waals surface area contributed by atoms with Gasteiger partial charge in [0.25, 0.3) is 11.8 Å². The molecule has 3 amide bonds. The molecule has 0 aromatic heterocycles. The van der Waals surface area contributed by atoms with E-state index in [2.05, 4.69) is 22.9 Å². The number of aryl methyl sites for hydroxylation is 1. The van der Waals surface area contributed by atoms with Crippen molar-refractivity contribution in [3.05, 3.63) is 71.8 Å². The van der Waals surface area contributed by atoms with Crippen LogP contribution < -0.4 is 16.0 Å². The number of carbonyl (C=O) groups excluding carboxylic acids is 3. The van der Waals surface area contributed by atoms with Crippen molar-refractivity contribution in [3.8, 4) is 0 Å². The summed E-state index contributed by atoms with van der Waals surface area (Å²) in [7, 11) is -3.38. The molecule has 0 bridgehead atoms. The number of nitrogens with one attached hydrogen (secondary N) is 3. The van der Waals surface area contributed by atoms with Gasteiger partial charge in [0.2, 0.25) is 5.91 Å². The summed E-state index contributed by atoms with van der Waals surface area (Å²) in [5.74, 6) is -1.02. The molecule has 0 aliphatic carbocycles. The van der Waals surface area contributed by atoms with Crippen molar-refractivity contribution in [2.75, 3.05) is 12.8 Å². The lowest BCUT2D eigenvalue weighted by atomic mass is 10.1. The predicted molar refractivity (Wildman–Crippen MR) is 140 cm³/mol. The summed E-state index contributed by atoms with van der Waals surface area (Å²) >= 11 is 0. The van der Waals surface area contributed by atoms with E-state index >= 15 is 0 Å². The van der Waals surface area contributed by atoms with E-state index in [-0.39, 0.29) is 17.0 Å². The molecule has 0 aliphatic heterocycles. The standard InChI is InChI=1S/C27H36N3O5S/c1-5-6-7-20-8-10-22(11-9-20)26(32)30-24(27(33)28-17-16-19(2)3)18-29-25(31)21-12-14-23(15-13-21)36(4,34)35/h8-15,17,19,24H,5-7,16,18H2,1-4H3,(H,28,33)(H,29,31)(H,30,32)/t24-/m0/s1. The van der Waals surface area contributed by atoms with Crippen LogP contribution in [0.1, 0.15) is 66.3 Å². The van der Waals surface area contributed by atoms with Gasteiger partial charge < -0.3 is 16.0 Å². The number of benzene rings is 2. The molecule has 1 atom stereocenters. The zero-order valence-electron chi connectivity index (χ0n) is 21.3. The molecule has 2 aromatic rings. The second-order valence-corrected chi connectivity index (χ2v) is 11.2. The Balaban J connectivity index is 2.08. The van der Waals surface area contributed by atoms with Gasteiger partial charge in [0, 0.05) is 30.5 Å². The zero-order chi connectivity index (χ0) is 26.7. The molecule has 0 aliphatic rings. The van der Waals surface area contributed by atoms with Gasteiger partial charge in [-0.3, -0.25) is 14.4 Å². The molecule has 9 heteroatoms. The Hall–Kier alpha value is -3.20. The van der Waals surface area contributed by atoms with Crippen molar-refractivity contribution < 1.29 is 22.8 Å². The van der Waals surface area contributed by atoms with Crippen LogP contribution in [0.5, 0.6) is 0 Å². The van der Waals surface area contributed by atoms with Gasteiger partial charge in [-0.2, -0.15) is 0 Å². The normalized spacial score (nSPS) is 12.1. The van der Waals surface area contributed by atoms with Crippen LogP contribution >= 0.6 is 0 Å². The van der Waals surface area contributed by atoms with Crippen molar-refractivity contribution >= 4 is 27.6 Å².